The maximum atomic E-state index is 13.0. The first kappa shape index (κ1) is 21.2. The molecule has 0 radical (unpaired) electrons. The minimum absolute atomic E-state index is 0.00987. The summed E-state index contributed by atoms with van der Waals surface area (Å²) in [6, 6.07) is 12.5. The van der Waals surface area contributed by atoms with Crippen molar-refractivity contribution in [1.82, 2.24) is 24.9 Å². The summed E-state index contributed by atoms with van der Waals surface area (Å²) in [4.78, 5) is 31.2. The Morgan fingerprint density at radius 1 is 1.12 bits per heavy atom. The van der Waals surface area contributed by atoms with Gasteiger partial charge in [-0.1, -0.05) is 18.2 Å². The summed E-state index contributed by atoms with van der Waals surface area (Å²) in [6.07, 6.45) is 3.74. The van der Waals surface area contributed by atoms with Gasteiger partial charge in [-0.05, 0) is 57.9 Å². The number of benzene rings is 1. The van der Waals surface area contributed by atoms with Gasteiger partial charge in [0, 0.05) is 30.6 Å². The monoisotopic (exact) mass is 451 g/mol. The molecule has 7 nitrogen and oxygen atoms in total. The van der Waals surface area contributed by atoms with Crippen molar-refractivity contribution in [3.8, 4) is 5.69 Å². The number of amides is 2. The molecule has 0 atom stereocenters. The minimum Gasteiger partial charge on any atom is -0.349 e. The molecule has 8 heteroatoms. The first-order chi connectivity index (χ1) is 15.5. The molecule has 2 amide bonds. The first-order valence-corrected chi connectivity index (χ1v) is 12.1. The second-order valence-corrected chi connectivity index (χ2v) is 10.00. The van der Waals surface area contributed by atoms with E-state index in [2.05, 4.69) is 20.2 Å². The minimum atomic E-state index is -0.00987. The van der Waals surface area contributed by atoms with Crippen LogP contribution in [0.15, 0.2) is 36.4 Å². The Bertz CT molecular complexity index is 1130. The summed E-state index contributed by atoms with van der Waals surface area (Å²) in [5.41, 5.74) is 1.92. The molecule has 1 N–H and O–H groups in total. The predicted octanol–water partition coefficient (Wildman–Crippen LogP) is 3.21. The zero-order valence-electron chi connectivity index (χ0n) is 18.6. The van der Waals surface area contributed by atoms with Gasteiger partial charge in [0.05, 0.1) is 22.8 Å². The summed E-state index contributed by atoms with van der Waals surface area (Å²) in [6.45, 7) is 4.25. The average molecular weight is 452 g/mol. The van der Waals surface area contributed by atoms with E-state index in [1.165, 1.54) is 11.3 Å². The maximum Gasteiger partial charge on any atom is 0.261 e. The smallest absolute Gasteiger partial charge is 0.261 e. The SMILES string of the molecule is Cc1nn(-c2ccccc2)c2sc(C(=O)NC3CCC(N4CCN(C)CC4=O)CC3)cc12. The van der Waals surface area contributed by atoms with Crippen molar-refractivity contribution in [2.45, 2.75) is 44.7 Å². The van der Waals surface area contributed by atoms with Crippen LogP contribution in [0.4, 0.5) is 0 Å². The van der Waals surface area contributed by atoms with E-state index in [4.69, 9.17) is 0 Å². The average Bonchev–Trinajstić information content (AvgIpc) is 3.36. The topological polar surface area (TPSA) is 70.5 Å². The van der Waals surface area contributed by atoms with Crippen molar-refractivity contribution < 1.29 is 9.59 Å². The molecule has 32 heavy (non-hydrogen) atoms. The number of para-hydroxylation sites is 1. The van der Waals surface area contributed by atoms with Crippen LogP contribution in [0, 0.1) is 6.92 Å². The van der Waals surface area contributed by atoms with Crippen LogP contribution >= 0.6 is 11.3 Å². The second kappa shape index (κ2) is 8.67. The van der Waals surface area contributed by atoms with Crippen molar-refractivity contribution in [3.63, 3.8) is 0 Å². The first-order valence-electron chi connectivity index (χ1n) is 11.3. The molecule has 2 fully saturated rings. The summed E-state index contributed by atoms with van der Waals surface area (Å²) >= 11 is 1.49. The highest BCUT2D eigenvalue weighted by Gasteiger charge is 2.32. The van der Waals surface area contributed by atoms with Gasteiger partial charge in [0.15, 0.2) is 0 Å². The molecule has 1 aromatic carbocycles. The third-order valence-electron chi connectivity index (χ3n) is 6.69. The highest BCUT2D eigenvalue weighted by Crippen LogP contribution is 2.31. The van der Waals surface area contributed by atoms with E-state index in [1.54, 1.807) is 0 Å². The molecular weight excluding hydrogens is 422 g/mol. The number of likely N-dealkylation sites (N-methyl/N-ethyl adjacent to an activating group) is 1. The van der Waals surface area contributed by atoms with Crippen LogP contribution in [0.3, 0.4) is 0 Å². The Morgan fingerprint density at radius 3 is 2.59 bits per heavy atom. The van der Waals surface area contributed by atoms with Crippen molar-refractivity contribution >= 4 is 33.4 Å². The molecule has 2 aromatic heterocycles. The highest BCUT2D eigenvalue weighted by atomic mass is 32.1. The Morgan fingerprint density at radius 2 is 1.88 bits per heavy atom. The lowest BCUT2D eigenvalue weighted by molar-refractivity contribution is -0.138. The summed E-state index contributed by atoms with van der Waals surface area (Å²) in [7, 11) is 1.99. The number of rotatable bonds is 4. The van der Waals surface area contributed by atoms with Crippen LogP contribution in [-0.4, -0.2) is 70.2 Å². The quantitative estimate of drug-likeness (QED) is 0.661. The van der Waals surface area contributed by atoms with Crippen molar-refractivity contribution in [3.05, 3.63) is 47.0 Å². The number of carbonyl (C=O) groups excluding carboxylic acids is 2. The number of hydrogen-bond acceptors (Lipinski definition) is 5. The van der Waals surface area contributed by atoms with Gasteiger partial charge in [0.25, 0.3) is 5.91 Å². The molecular formula is C24H29N5O2S. The molecule has 168 valence electrons. The molecule has 1 saturated heterocycles. The fourth-order valence-electron chi connectivity index (χ4n) is 4.88. The molecule has 2 aliphatic rings. The van der Waals surface area contributed by atoms with Crippen LogP contribution in [0.25, 0.3) is 15.9 Å². The Kier molecular flexibility index (Phi) is 5.73. The zero-order valence-corrected chi connectivity index (χ0v) is 19.4. The van der Waals surface area contributed by atoms with Crippen LogP contribution < -0.4 is 5.32 Å². The molecule has 3 aromatic rings. The number of thiophene rings is 1. The van der Waals surface area contributed by atoms with Crippen LogP contribution in [-0.2, 0) is 4.79 Å². The lowest BCUT2D eigenvalue weighted by atomic mass is 9.89. The van der Waals surface area contributed by atoms with E-state index < -0.39 is 0 Å². The van der Waals surface area contributed by atoms with Crippen molar-refractivity contribution in [2.75, 3.05) is 26.7 Å². The molecule has 1 saturated carbocycles. The van der Waals surface area contributed by atoms with E-state index in [1.807, 2.05) is 55.1 Å². The third-order valence-corrected chi connectivity index (χ3v) is 7.80. The van der Waals surface area contributed by atoms with Gasteiger partial charge in [-0.3, -0.25) is 14.5 Å². The maximum absolute atomic E-state index is 13.0. The second-order valence-electron chi connectivity index (χ2n) is 8.97. The van der Waals surface area contributed by atoms with Crippen LogP contribution in [0.2, 0.25) is 0 Å². The molecule has 0 unspecified atom stereocenters. The number of piperazine rings is 1. The fourth-order valence-corrected chi connectivity index (χ4v) is 5.97. The van der Waals surface area contributed by atoms with E-state index in [0.29, 0.717) is 12.6 Å². The Hall–Kier alpha value is -2.71. The van der Waals surface area contributed by atoms with Gasteiger partial charge in [-0.2, -0.15) is 5.10 Å². The van der Waals surface area contributed by atoms with Gasteiger partial charge in [-0.15, -0.1) is 11.3 Å². The normalized spacial score (nSPS) is 22.4. The summed E-state index contributed by atoms with van der Waals surface area (Å²) < 4.78 is 1.92. The number of hydrogen-bond donors (Lipinski definition) is 1. The highest BCUT2D eigenvalue weighted by molar-refractivity contribution is 7.20. The number of carbonyl (C=O) groups is 2. The van der Waals surface area contributed by atoms with E-state index in [-0.39, 0.29) is 17.9 Å². The third kappa shape index (κ3) is 4.04. The predicted molar refractivity (Wildman–Crippen MR) is 126 cm³/mol. The fraction of sp³-hybridized carbons (Fsp3) is 0.458. The molecule has 0 bridgehead atoms. The lowest BCUT2D eigenvalue weighted by Crippen LogP contribution is -2.54. The number of nitrogens with zero attached hydrogens (tertiary/aromatic N) is 4. The summed E-state index contributed by atoms with van der Waals surface area (Å²) in [5, 5.41) is 8.93. The number of aryl methyl sites for hydroxylation is 1. The lowest BCUT2D eigenvalue weighted by Gasteiger charge is -2.41. The molecule has 5 rings (SSSR count). The number of aromatic nitrogens is 2. The standard InChI is InChI=1S/C24H29N5O2S/c1-16-20-14-21(32-24(20)29(26-16)19-6-4-3-5-7-19)23(31)25-17-8-10-18(11-9-17)28-13-12-27(2)15-22(28)30/h3-7,14,17-18H,8-13,15H2,1-2H3,(H,25,31). The molecule has 0 spiro atoms. The van der Waals surface area contributed by atoms with Gasteiger partial charge < -0.3 is 10.2 Å². The van der Waals surface area contributed by atoms with E-state index >= 15 is 0 Å². The molecule has 1 aliphatic heterocycles. The largest absolute Gasteiger partial charge is 0.349 e. The van der Waals surface area contributed by atoms with Gasteiger partial charge >= 0.3 is 0 Å². The Labute approximate surface area is 192 Å². The molecule has 3 heterocycles. The number of fused-ring (bicyclic) bond motifs is 1. The van der Waals surface area contributed by atoms with Gasteiger partial charge in [-0.25, -0.2) is 4.68 Å². The Balaban J connectivity index is 1.24. The van der Waals surface area contributed by atoms with Gasteiger partial charge in [0.1, 0.15) is 4.83 Å². The van der Waals surface area contributed by atoms with Crippen molar-refractivity contribution in [1.29, 1.82) is 0 Å². The zero-order chi connectivity index (χ0) is 22.2. The summed E-state index contributed by atoms with van der Waals surface area (Å²) in [5.74, 6) is 0.226. The van der Waals surface area contributed by atoms with Gasteiger partial charge in [0.2, 0.25) is 5.91 Å². The molecule has 1 aliphatic carbocycles. The van der Waals surface area contributed by atoms with Crippen LogP contribution in [0.1, 0.15) is 41.0 Å². The van der Waals surface area contributed by atoms with Crippen LogP contribution in [0.5, 0.6) is 0 Å². The van der Waals surface area contributed by atoms with E-state index in [9.17, 15) is 9.59 Å². The number of nitrogens with one attached hydrogen (secondary N) is 1. The van der Waals surface area contributed by atoms with E-state index in [0.717, 1.165) is 65.2 Å². The van der Waals surface area contributed by atoms with Crippen molar-refractivity contribution in [2.24, 2.45) is 0 Å².